The molecule has 3 N–H and O–H groups in total. The van der Waals surface area contributed by atoms with Crippen molar-refractivity contribution in [1.29, 1.82) is 0 Å². The number of fused-ring (bicyclic) bond motifs is 1. The van der Waals surface area contributed by atoms with Crippen molar-refractivity contribution in [3.8, 4) is 11.4 Å². The molecule has 146 valence electrons. The number of methoxy groups -OCH3 is 1. The van der Waals surface area contributed by atoms with E-state index in [-0.39, 0.29) is 0 Å². The summed E-state index contributed by atoms with van der Waals surface area (Å²) in [7, 11) is 3.53. The van der Waals surface area contributed by atoms with Crippen LogP contribution in [0.5, 0.6) is 5.75 Å². The van der Waals surface area contributed by atoms with Gasteiger partial charge in [-0.25, -0.2) is 9.67 Å². The summed E-state index contributed by atoms with van der Waals surface area (Å²) in [6.07, 6.45) is 2.85. The fourth-order valence-electron chi connectivity index (χ4n) is 3.30. The minimum atomic E-state index is 0.546. The van der Waals surface area contributed by atoms with E-state index in [1.807, 2.05) is 43.0 Å². The molecule has 2 aromatic heterocycles. The maximum absolute atomic E-state index is 5.59. The predicted octanol–water partition coefficient (Wildman–Crippen LogP) is 3.01. The molecule has 0 saturated heterocycles. The van der Waals surface area contributed by atoms with Crippen molar-refractivity contribution in [1.82, 2.24) is 25.1 Å². The number of hydrogen-bond acceptors (Lipinski definition) is 7. The van der Waals surface area contributed by atoms with Gasteiger partial charge >= 0.3 is 0 Å². The highest BCUT2D eigenvalue weighted by Crippen LogP contribution is 2.30. The van der Waals surface area contributed by atoms with Crippen molar-refractivity contribution < 1.29 is 4.74 Å². The molecule has 1 aliphatic heterocycles. The number of hydrogen-bond donors (Lipinski definition) is 3. The van der Waals surface area contributed by atoms with E-state index in [0.29, 0.717) is 5.95 Å². The van der Waals surface area contributed by atoms with Gasteiger partial charge in [0.2, 0.25) is 5.95 Å². The summed E-state index contributed by atoms with van der Waals surface area (Å²) in [4.78, 5) is 9.10. The van der Waals surface area contributed by atoms with Crippen molar-refractivity contribution in [2.45, 2.75) is 19.9 Å². The van der Waals surface area contributed by atoms with Crippen LogP contribution in [-0.2, 0) is 13.0 Å². The van der Waals surface area contributed by atoms with Crippen molar-refractivity contribution >= 4 is 40.0 Å². The lowest BCUT2D eigenvalue weighted by atomic mass is 10.1. The second-order valence-electron chi connectivity index (χ2n) is 6.51. The molecule has 0 amide bonds. The molecule has 0 radical (unpaired) electrons. The van der Waals surface area contributed by atoms with Gasteiger partial charge in [-0.05, 0) is 47.7 Å². The van der Waals surface area contributed by atoms with E-state index in [4.69, 9.17) is 4.74 Å². The van der Waals surface area contributed by atoms with E-state index < -0.39 is 0 Å². The van der Waals surface area contributed by atoms with Gasteiger partial charge in [-0.3, -0.25) is 0 Å². The van der Waals surface area contributed by atoms with Crippen LogP contribution in [0.25, 0.3) is 5.69 Å². The van der Waals surface area contributed by atoms with Gasteiger partial charge in [0.1, 0.15) is 17.3 Å². The van der Waals surface area contributed by atoms with Gasteiger partial charge in [-0.15, -0.1) is 0 Å². The lowest BCUT2D eigenvalue weighted by Gasteiger charge is -2.18. The summed E-state index contributed by atoms with van der Waals surface area (Å²) in [5, 5.41) is 14.4. The molecule has 8 nitrogen and oxygen atoms in total. The Morgan fingerprint density at radius 1 is 1.29 bits per heavy atom. The van der Waals surface area contributed by atoms with Crippen LogP contribution >= 0.6 is 22.6 Å². The smallest absolute Gasteiger partial charge is 0.229 e. The third-order valence-electron chi connectivity index (χ3n) is 4.73. The first-order chi connectivity index (χ1) is 13.6. The van der Waals surface area contributed by atoms with Crippen LogP contribution in [0.3, 0.4) is 0 Å². The van der Waals surface area contributed by atoms with E-state index in [9.17, 15) is 0 Å². The van der Waals surface area contributed by atoms with Gasteiger partial charge in [0, 0.05) is 37.8 Å². The Bertz CT molecular complexity index is 1020. The number of aryl methyl sites for hydroxylation is 1. The Kier molecular flexibility index (Phi) is 5.36. The molecule has 0 spiro atoms. The van der Waals surface area contributed by atoms with Crippen molar-refractivity contribution in [3.05, 3.63) is 44.9 Å². The summed E-state index contributed by atoms with van der Waals surface area (Å²) < 4.78 is 8.57. The quantitative estimate of drug-likeness (QED) is 0.473. The highest BCUT2D eigenvalue weighted by Gasteiger charge is 2.18. The number of benzene rings is 1. The first kappa shape index (κ1) is 18.9. The molecule has 28 heavy (non-hydrogen) atoms. The number of anilines is 3. The fourth-order valence-corrected chi connectivity index (χ4v) is 3.81. The highest BCUT2D eigenvalue weighted by molar-refractivity contribution is 14.1. The standard InChI is InChI=1S/C19H22IN7O/c1-11-17(20)18(21-2)26-19(24-11)25-13-4-5-16(28-3)15(8-13)27-14-6-7-22-9-12(14)10-23-27/h4-5,8,10,22H,6-7,9H2,1-3H3,(H2,21,24,25,26). The van der Waals surface area contributed by atoms with Crippen LogP contribution in [-0.4, -0.2) is 40.5 Å². The molecular formula is C19H22IN7O. The van der Waals surface area contributed by atoms with Gasteiger partial charge < -0.3 is 20.7 Å². The Morgan fingerprint density at radius 3 is 2.93 bits per heavy atom. The summed E-state index contributed by atoms with van der Waals surface area (Å²) >= 11 is 2.25. The molecule has 0 atom stereocenters. The van der Waals surface area contributed by atoms with Gasteiger partial charge in [-0.1, -0.05) is 0 Å². The minimum absolute atomic E-state index is 0.546. The van der Waals surface area contributed by atoms with Crippen LogP contribution in [0.1, 0.15) is 17.0 Å². The predicted molar refractivity (Wildman–Crippen MR) is 118 cm³/mol. The summed E-state index contributed by atoms with van der Waals surface area (Å²) in [6, 6.07) is 5.91. The van der Waals surface area contributed by atoms with E-state index in [0.717, 1.165) is 51.7 Å². The molecule has 0 bridgehead atoms. The maximum atomic E-state index is 5.59. The number of nitrogens with zero attached hydrogens (tertiary/aromatic N) is 4. The second-order valence-corrected chi connectivity index (χ2v) is 7.59. The van der Waals surface area contributed by atoms with E-state index in [2.05, 4.69) is 53.6 Å². The van der Waals surface area contributed by atoms with Gasteiger partial charge in [0.25, 0.3) is 0 Å². The number of rotatable bonds is 5. The summed E-state index contributed by atoms with van der Waals surface area (Å²) in [6.45, 7) is 3.76. The van der Waals surface area contributed by atoms with Crippen molar-refractivity contribution in [3.63, 3.8) is 0 Å². The fraction of sp³-hybridized carbons (Fsp3) is 0.316. The Labute approximate surface area is 177 Å². The molecular weight excluding hydrogens is 469 g/mol. The Hall–Kier alpha value is -2.40. The second kappa shape index (κ2) is 7.92. The number of aromatic nitrogens is 4. The molecule has 1 aromatic carbocycles. The van der Waals surface area contributed by atoms with Crippen LogP contribution in [0.2, 0.25) is 0 Å². The van der Waals surface area contributed by atoms with E-state index in [1.165, 1.54) is 11.3 Å². The molecule has 0 unspecified atom stereocenters. The molecule has 9 heteroatoms. The van der Waals surface area contributed by atoms with Gasteiger partial charge in [0.05, 0.1) is 28.3 Å². The highest BCUT2D eigenvalue weighted by atomic mass is 127. The van der Waals surface area contributed by atoms with Crippen LogP contribution < -0.4 is 20.7 Å². The average Bonchev–Trinajstić information content (AvgIpc) is 3.14. The molecule has 1 aliphatic rings. The van der Waals surface area contributed by atoms with Gasteiger partial charge in [0.15, 0.2) is 0 Å². The zero-order chi connectivity index (χ0) is 19.7. The maximum Gasteiger partial charge on any atom is 0.229 e. The van der Waals surface area contributed by atoms with Crippen LogP contribution in [0.4, 0.5) is 17.5 Å². The Morgan fingerprint density at radius 2 is 2.14 bits per heavy atom. The molecule has 3 heterocycles. The topological polar surface area (TPSA) is 88.9 Å². The molecule has 0 aliphatic carbocycles. The van der Waals surface area contributed by atoms with Crippen LogP contribution in [0.15, 0.2) is 24.4 Å². The summed E-state index contributed by atoms with van der Waals surface area (Å²) in [5.41, 5.74) is 5.13. The largest absolute Gasteiger partial charge is 0.494 e. The molecule has 0 saturated carbocycles. The van der Waals surface area contributed by atoms with Crippen LogP contribution in [0, 0.1) is 10.5 Å². The zero-order valence-electron chi connectivity index (χ0n) is 16.0. The van der Waals surface area contributed by atoms with Crippen molar-refractivity contribution in [2.24, 2.45) is 0 Å². The first-order valence-electron chi connectivity index (χ1n) is 9.04. The number of ether oxygens (including phenoxy) is 1. The molecule has 4 rings (SSSR count). The normalized spacial score (nSPS) is 13.1. The first-order valence-corrected chi connectivity index (χ1v) is 10.1. The third kappa shape index (κ3) is 3.51. The minimum Gasteiger partial charge on any atom is -0.494 e. The summed E-state index contributed by atoms with van der Waals surface area (Å²) in [5.74, 6) is 2.12. The zero-order valence-corrected chi connectivity index (χ0v) is 18.2. The SMILES string of the molecule is CNc1nc(Nc2ccc(OC)c(-n3ncc4c3CCNC4)c2)nc(C)c1I. The monoisotopic (exact) mass is 491 g/mol. The van der Waals surface area contributed by atoms with Gasteiger partial charge in [-0.2, -0.15) is 10.1 Å². The lowest BCUT2D eigenvalue weighted by molar-refractivity contribution is 0.411. The van der Waals surface area contributed by atoms with Crippen molar-refractivity contribution in [2.75, 3.05) is 31.3 Å². The number of nitrogens with one attached hydrogen (secondary N) is 3. The molecule has 0 fully saturated rings. The molecule has 3 aromatic rings. The lowest BCUT2D eigenvalue weighted by Crippen LogP contribution is -2.24. The average molecular weight is 491 g/mol. The van der Waals surface area contributed by atoms with E-state index >= 15 is 0 Å². The van der Waals surface area contributed by atoms with E-state index in [1.54, 1.807) is 7.11 Å². The number of halogens is 1. The third-order valence-corrected chi connectivity index (χ3v) is 6.02. The Balaban J connectivity index is 1.72.